The van der Waals surface area contributed by atoms with Crippen molar-refractivity contribution in [1.29, 1.82) is 0 Å². The minimum absolute atomic E-state index is 0.406. The lowest BCUT2D eigenvalue weighted by Crippen LogP contribution is -2.21. The molecule has 4 heteroatoms. The molecule has 0 fully saturated rings. The van der Waals surface area contributed by atoms with Crippen molar-refractivity contribution in [2.75, 3.05) is 0 Å². The van der Waals surface area contributed by atoms with E-state index in [4.69, 9.17) is 14.3 Å². The van der Waals surface area contributed by atoms with Crippen LogP contribution in [0.25, 0.3) is 0 Å². The molecule has 0 aromatic carbocycles. The van der Waals surface area contributed by atoms with Gasteiger partial charge in [0, 0.05) is 0 Å². The van der Waals surface area contributed by atoms with E-state index in [1.54, 1.807) is 0 Å². The Hall–Kier alpha value is 0.310. The molecule has 0 saturated heterocycles. The predicted octanol–water partition coefficient (Wildman–Crippen LogP) is 4.91. The average molecular weight is 278 g/mol. The van der Waals surface area contributed by atoms with Gasteiger partial charge in [0.05, 0.1) is 5.60 Å². The van der Waals surface area contributed by atoms with Crippen LogP contribution in [0, 0.1) is 0 Å². The van der Waals surface area contributed by atoms with Crippen molar-refractivity contribution in [3.05, 3.63) is 0 Å². The molecular formula is C14H31O3P. The highest BCUT2D eigenvalue weighted by molar-refractivity contribution is 7.39. The molecular weight excluding hydrogens is 247 g/mol. The molecule has 0 heterocycles. The standard InChI is InChI=1S/C14H31O3P/c1-4-5-6-7-8-9-10-11-12-13-14(2,3)17-18(15)16/h15-16H,4-13H2,1-3H3. The molecule has 18 heavy (non-hydrogen) atoms. The first kappa shape index (κ1) is 18.3. The second kappa shape index (κ2) is 11.2. The number of unbranched alkanes of at least 4 members (excludes halogenated alkanes) is 8. The minimum Gasteiger partial charge on any atom is -0.328 e. The Labute approximate surface area is 114 Å². The summed E-state index contributed by atoms with van der Waals surface area (Å²) in [6.07, 6.45) is 12.6. The topological polar surface area (TPSA) is 49.7 Å². The van der Waals surface area contributed by atoms with E-state index in [0.29, 0.717) is 0 Å². The third-order valence-corrected chi connectivity index (χ3v) is 3.87. The van der Waals surface area contributed by atoms with E-state index in [2.05, 4.69) is 6.92 Å². The molecule has 0 saturated carbocycles. The zero-order valence-corrected chi connectivity index (χ0v) is 13.2. The average Bonchev–Trinajstić information content (AvgIpc) is 2.25. The van der Waals surface area contributed by atoms with Crippen molar-refractivity contribution in [3.8, 4) is 0 Å². The van der Waals surface area contributed by atoms with E-state index in [0.717, 1.165) is 12.8 Å². The molecule has 0 aliphatic carbocycles. The van der Waals surface area contributed by atoms with E-state index in [-0.39, 0.29) is 0 Å². The molecule has 0 spiro atoms. The third-order valence-electron chi connectivity index (χ3n) is 3.21. The summed E-state index contributed by atoms with van der Waals surface area (Å²) < 4.78 is 5.09. The van der Waals surface area contributed by atoms with Gasteiger partial charge in [-0.05, 0) is 20.3 Å². The SMILES string of the molecule is CCCCCCCCCCCC(C)(C)OP(O)O. The molecule has 3 nitrogen and oxygen atoms in total. The van der Waals surface area contributed by atoms with Gasteiger partial charge in [-0.25, -0.2) is 0 Å². The van der Waals surface area contributed by atoms with E-state index in [9.17, 15) is 0 Å². The van der Waals surface area contributed by atoms with Crippen LogP contribution >= 0.6 is 8.60 Å². The highest BCUT2D eigenvalue weighted by Gasteiger charge is 2.21. The van der Waals surface area contributed by atoms with Gasteiger partial charge >= 0.3 is 8.60 Å². The van der Waals surface area contributed by atoms with Gasteiger partial charge in [-0.1, -0.05) is 64.7 Å². The van der Waals surface area contributed by atoms with Gasteiger partial charge < -0.3 is 14.3 Å². The first-order valence-corrected chi connectivity index (χ1v) is 8.51. The molecule has 0 radical (unpaired) electrons. The minimum atomic E-state index is -2.22. The van der Waals surface area contributed by atoms with Crippen LogP contribution in [-0.4, -0.2) is 15.4 Å². The van der Waals surface area contributed by atoms with Gasteiger partial charge in [0.2, 0.25) is 0 Å². The smallest absolute Gasteiger partial charge is 0.327 e. The van der Waals surface area contributed by atoms with Gasteiger partial charge in [-0.15, -0.1) is 0 Å². The summed E-state index contributed by atoms with van der Waals surface area (Å²) in [6.45, 7) is 6.08. The largest absolute Gasteiger partial charge is 0.328 e. The molecule has 0 bridgehead atoms. The Morgan fingerprint density at radius 3 is 1.72 bits per heavy atom. The Morgan fingerprint density at radius 2 is 1.28 bits per heavy atom. The zero-order valence-electron chi connectivity index (χ0n) is 12.3. The Kier molecular flexibility index (Phi) is 11.4. The molecule has 0 aliphatic heterocycles. The lowest BCUT2D eigenvalue weighted by atomic mass is 9.99. The summed E-state index contributed by atoms with van der Waals surface area (Å²) in [5.74, 6) is 0. The second-order valence-electron chi connectivity index (χ2n) is 5.68. The molecule has 0 rings (SSSR count). The summed E-state index contributed by atoms with van der Waals surface area (Å²) in [5.41, 5.74) is -0.406. The van der Waals surface area contributed by atoms with Crippen molar-refractivity contribution in [3.63, 3.8) is 0 Å². The van der Waals surface area contributed by atoms with Crippen LogP contribution in [0.2, 0.25) is 0 Å². The maximum absolute atomic E-state index is 8.83. The summed E-state index contributed by atoms with van der Waals surface area (Å²) in [7, 11) is -2.22. The fraction of sp³-hybridized carbons (Fsp3) is 1.00. The fourth-order valence-corrected chi connectivity index (χ4v) is 2.66. The molecule has 2 N–H and O–H groups in total. The van der Waals surface area contributed by atoms with Crippen molar-refractivity contribution in [1.82, 2.24) is 0 Å². The normalized spacial score (nSPS) is 12.3. The van der Waals surface area contributed by atoms with Crippen LogP contribution in [0.1, 0.15) is 85.0 Å². The molecule has 0 amide bonds. The van der Waals surface area contributed by atoms with Crippen LogP contribution < -0.4 is 0 Å². The van der Waals surface area contributed by atoms with E-state index >= 15 is 0 Å². The van der Waals surface area contributed by atoms with Gasteiger partial charge in [-0.3, -0.25) is 0 Å². The highest BCUT2D eigenvalue weighted by atomic mass is 31.2. The van der Waals surface area contributed by atoms with Gasteiger partial charge in [-0.2, -0.15) is 0 Å². The van der Waals surface area contributed by atoms with Crippen LogP contribution in [-0.2, 0) is 4.52 Å². The molecule has 0 aliphatic rings. The zero-order chi connectivity index (χ0) is 13.9. The molecule has 110 valence electrons. The van der Waals surface area contributed by atoms with Gasteiger partial charge in [0.1, 0.15) is 0 Å². The maximum atomic E-state index is 8.83. The Balaban J connectivity index is 3.29. The summed E-state index contributed by atoms with van der Waals surface area (Å²) in [4.78, 5) is 17.7. The van der Waals surface area contributed by atoms with Crippen LogP contribution in [0.3, 0.4) is 0 Å². The Bertz CT molecular complexity index is 184. The van der Waals surface area contributed by atoms with Crippen LogP contribution in [0.5, 0.6) is 0 Å². The molecule has 0 aromatic rings. The first-order valence-electron chi connectivity index (χ1n) is 7.35. The van der Waals surface area contributed by atoms with Crippen LogP contribution in [0.4, 0.5) is 0 Å². The summed E-state index contributed by atoms with van der Waals surface area (Å²) >= 11 is 0. The van der Waals surface area contributed by atoms with Crippen LogP contribution in [0.15, 0.2) is 0 Å². The van der Waals surface area contributed by atoms with Crippen molar-refractivity contribution < 1.29 is 14.3 Å². The number of hydrogen-bond donors (Lipinski definition) is 2. The lowest BCUT2D eigenvalue weighted by Gasteiger charge is -2.24. The summed E-state index contributed by atoms with van der Waals surface area (Å²) in [6, 6.07) is 0. The van der Waals surface area contributed by atoms with E-state index < -0.39 is 14.2 Å². The first-order chi connectivity index (χ1) is 8.48. The van der Waals surface area contributed by atoms with E-state index in [1.165, 1.54) is 51.4 Å². The number of rotatable bonds is 12. The fourth-order valence-electron chi connectivity index (χ4n) is 2.13. The monoisotopic (exact) mass is 278 g/mol. The van der Waals surface area contributed by atoms with Gasteiger partial charge in [0.25, 0.3) is 0 Å². The van der Waals surface area contributed by atoms with Crippen molar-refractivity contribution in [2.45, 2.75) is 90.6 Å². The Morgan fingerprint density at radius 1 is 0.833 bits per heavy atom. The summed E-state index contributed by atoms with van der Waals surface area (Å²) in [5, 5.41) is 0. The molecule has 0 atom stereocenters. The van der Waals surface area contributed by atoms with Crippen molar-refractivity contribution >= 4 is 8.60 Å². The van der Waals surface area contributed by atoms with Gasteiger partial charge in [0.15, 0.2) is 0 Å². The molecule has 0 unspecified atom stereocenters. The highest BCUT2D eigenvalue weighted by Crippen LogP contribution is 2.35. The second-order valence-corrected chi connectivity index (χ2v) is 6.37. The lowest BCUT2D eigenvalue weighted by molar-refractivity contribution is 0.0791. The molecule has 0 aromatic heterocycles. The van der Waals surface area contributed by atoms with Crippen molar-refractivity contribution in [2.24, 2.45) is 0 Å². The van der Waals surface area contributed by atoms with E-state index in [1.807, 2.05) is 13.8 Å². The third kappa shape index (κ3) is 12.8. The number of hydrogen-bond acceptors (Lipinski definition) is 3. The maximum Gasteiger partial charge on any atom is 0.327 e. The predicted molar refractivity (Wildman–Crippen MR) is 78.4 cm³/mol. The quantitative estimate of drug-likeness (QED) is 0.394.